The van der Waals surface area contributed by atoms with Crippen molar-refractivity contribution in [3.63, 3.8) is 0 Å². The fourth-order valence-corrected chi connectivity index (χ4v) is 2.75. The summed E-state index contributed by atoms with van der Waals surface area (Å²) in [5, 5.41) is 0. The Labute approximate surface area is 115 Å². The van der Waals surface area contributed by atoms with Gasteiger partial charge >= 0.3 is 0 Å². The van der Waals surface area contributed by atoms with Gasteiger partial charge < -0.3 is 10.3 Å². The minimum atomic E-state index is -0.152. The Hall–Kier alpha value is -1.79. The van der Waals surface area contributed by atoms with Gasteiger partial charge in [0.2, 0.25) is 0 Å². The van der Waals surface area contributed by atoms with Crippen molar-refractivity contribution < 1.29 is 0 Å². The Morgan fingerprint density at radius 3 is 2.95 bits per heavy atom. The van der Waals surface area contributed by atoms with Gasteiger partial charge in [-0.25, -0.2) is 4.98 Å². The molecule has 6 heteroatoms. The molecular formula is C13H15N5S. The van der Waals surface area contributed by atoms with E-state index in [1.807, 2.05) is 18.2 Å². The number of imidazole rings is 1. The highest BCUT2D eigenvalue weighted by Crippen LogP contribution is 2.20. The normalized spacial score (nSPS) is 12.9. The molecule has 1 atom stereocenters. The number of hydrogen-bond donors (Lipinski definition) is 1. The average Bonchev–Trinajstić information content (AvgIpc) is 3.05. The number of para-hydroxylation sites is 2. The van der Waals surface area contributed by atoms with Crippen LogP contribution in [-0.2, 0) is 13.0 Å². The molecule has 0 aliphatic carbocycles. The average molecular weight is 273 g/mol. The SMILES string of the molecule is CCn1c(CC(N)c2cnsn2)nc2ccccc21. The Kier molecular flexibility index (Phi) is 3.27. The molecule has 0 bridgehead atoms. The summed E-state index contributed by atoms with van der Waals surface area (Å²) in [7, 11) is 0. The molecule has 0 aliphatic rings. The van der Waals surface area contributed by atoms with Crippen LogP contribution in [0.25, 0.3) is 11.0 Å². The van der Waals surface area contributed by atoms with E-state index in [0.29, 0.717) is 6.42 Å². The molecule has 2 N–H and O–H groups in total. The van der Waals surface area contributed by atoms with E-state index in [1.165, 1.54) is 11.7 Å². The summed E-state index contributed by atoms with van der Waals surface area (Å²) in [5.41, 5.74) is 9.17. The maximum atomic E-state index is 6.17. The highest BCUT2D eigenvalue weighted by Gasteiger charge is 2.15. The third-order valence-corrected chi connectivity index (χ3v) is 3.70. The molecule has 19 heavy (non-hydrogen) atoms. The number of hydrogen-bond acceptors (Lipinski definition) is 5. The second-order valence-electron chi connectivity index (χ2n) is 4.40. The summed E-state index contributed by atoms with van der Waals surface area (Å²) in [5.74, 6) is 1.00. The second kappa shape index (κ2) is 5.07. The van der Waals surface area contributed by atoms with Crippen molar-refractivity contribution >= 4 is 22.8 Å². The van der Waals surface area contributed by atoms with Gasteiger partial charge in [-0.15, -0.1) is 0 Å². The molecule has 2 aromatic heterocycles. The van der Waals surface area contributed by atoms with Crippen LogP contribution >= 0.6 is 11.7 Å². The maximum absolute atomic E-state index is 6.17. The van der Waals surface area contributed by atoms with E-state index in [2.05, 4.69) is 31.3 Å². The number of rotatable bonds is 4. The Morgan fingerprint density at radius 1 is 1.37 bits per heavy atom. The molecule has 5 nitrogen and oxygen atoms in total. The second-order valence-corrected chi connectivity index (χ2v) is 4.96. The standard InChI is InChI=1S/C13H15N5S/c1-2-18-12-6-4-3-5-10(12)16-13(18)7-9(14)11-8-15-19-17-11/h3-6,8-9H,2,7,14H2,1H3. The highest BCUT2D eigenvalue weighted by atomic mass is 32.1. The van der Waals surface area contributed by atoms with Crippen LogP contribution in [0.4, 0.5) is 0 Å². The number of benzene rings is 1. The monoisotopic (exact) mass is 273 g/mol. The lowest BCUT2D eigenvalue weighted by atomic mass is 10.1. The summed E-state index contributed by atoms with van der Waals surface area (Å²) < 4.78 is 10.4. The smallest absolute Gasteiger partial charge is 0.111 e. The third kappa shape index (κ3) is 2.24. The number of nitrogens with zero attached hydrogens (tertiary/aromatic N) is 4. The van der Waals surface area contributed by atoms with Gasteiger partial charge in [-0.05, 0) is 19.1 Å². The minimum absolute atomic E-state index is 0.152. The summed E-state index contributed by atoms with van der Waals surface area (Å²) in [6, 6.07) is 8.00. The van der Waals surface area contributed by atoms with Crippen LogP contribution in [0.1, 0.15) is 24.5 Å². The van der Waals surface area contributed by atoms with E-state index in [1.54, 1.807) is 6.20 Å². The van der Waals surface area contributed by atoms with Crippen molar-refractivity contribution in [1.29, 1.82) is 0 Å². The van der Waals surface area contributed by atoms with Gasteiger partial charge in [0, 0.05) is 13.0 Å². The van der Waals surface area contributed by atoms with Crippen LogP contribution in [0.15, 0.2) is 30.5 Å². The van der Waals surface area contributed by atoms with E-state index >= 15 is 0 Å². The van der Waals surface area contributed by atoms with E-state index in [4.69, 9.17) is 5.73 Å². The zero-order chi connectivity index (χ0) is 13.2. The summed E-state index contributed by atoms with van der Waals surface area (Å²) >= 11 is 1.19. The van der Waals surface area contributed by atoms with Crippen LogP contribution in [0.2, 0.25) is 0 Å². The van der Waals surface area contributed by atoms with Gasteiger partial charge in [0.05, 0.1) is 40.7 Å². The first kappa shape index (κ1) is 12.3. The molecule has 0 aliphatic heterocycles. The summed E-state index contributed by atoms with van der Waals surface area (Å²) in [6.07, 6.45) is 2.40. The number of aromatic nitrogens is 4. The van der Waals surface area contributed by atoms with Gasteiger partial charge in [-0.2, -0.15) is 8.75 Å². The minimum Gasteiger partial charge on any atom is -0.328 e. The van der Waals surface area contributed by atoms with E-state index in [0.717, 1.165) is 29.1 Å². The third-order valence-electron chi connectivity index (χ3n) is 3.21. The molecule has 0 fully saturated rings. The zero-order valence-electron chi connectivity index (χ0n) is 10.7. The number of aryl methyl sites for hydroxylation is 1. The fraction of sp³-hybridized carbons (Fsp3) is 0.308. The van der Waals surface area contributed by atoms with Crippen LogP contribution in [-0.4, -0.2) is 18.3 Å². The molecule has 3 rings (SSSR count). The quantitative estimate of drug-likeness (QED) is 0.790. The van der Waals surface area contributed by atoms with E-state index in [9.17, 15) is 0 Å². The first-order valence-electron chi connectivity index (χ1n) is 6.26. The van der Waals surface area contributed by atoms with Gasteiger partial charge in [0.15, 0.2) is 0 Å². The molecule has 0 amide bonds. The molecule has 3 aromatic rings. The molecule has 2 heterocycles. The fourth-order valence-electron chi connectivity index (χ4n) is 2.27. The van der Waals surface area contributed by atoms with Crippen molar-refractivity contribution in [3.8, 4) is 0 Å². The predicted molar refractivity (Wildman–Crippen MR) is 75.9 cm³/mol. The molecule has 1 unspecified atom stereocenters. The predicted octanol–water partition coefficient (Wildman–Crippen LogP) is 2.15. The van der Waals surface area contributed by atoms with Crippen molar-refractivity contribution in [2.75, 3.05) is 0 Å². The Balaban J connectivity index is 1.96. The lowest BCUT2D eigenvalue weighted by Crippen LogP contribution is -2.16. The van der Waals surface area contributed by atoms with Gasteiger partial charge in [-0.1, -0.05) is 12.1 Å². The van der Waals surface area contributed by atoms with Crippen molar-refractivity contribution in [2.24, 2.45) is 5.73 Å². The first-order valence-corrected chi connectivity index (χ1v) is 6.99. The van der Waals surface area contributed by atoms with Crippen molar-refractivity contribution in [3.05, 3.63) is 42.0 Å². The van der Waals surface area contributed by atoms with Crippen molar-refractivity contribution in [2.45, 2.75) is 25.9 Å². The summed E-state index contributed by atoms with van der Waals surface area (Å²) in [4.78, 5) is 4.67. The topological polar surface area (TPSA) is 69.6 Å². The van der Waals surface area contributed by atoms with Gasteiger partial charge in [0.25, 0.3) is 0 Å². The van der Waals surface area contributed by atoms with E-state index in [-0.39, 0.29) is 6.04 Å². The largest absolute Gasteiger partial charge is 0.328 e. The molecular weight excluding hydrogens is 258 g/mol. The molecule has 0 saturated heterocycles. The molecule has 98 valence electrons. The first-order chi connectivity index (χ1) is 9.29. The lowest BCUT2D eigenvalue weighted by Gasteiger charge is -2.10. The van der Waals surface area contributed by atoms with Gasteiger partial charge in [-0.3, -0.25) is 0 Å². The van der Waals surface area contributed by atoms with Crippen LogP contribution in [0, 0.1) is 0 Å². The van der Waals surface area contributed by atoms with Crippen LogP contribution in [0.3, 0.4) is 0 Å². The highest BCUT2D eigenvalue weighted by molar-refractivity contribution is 6.99. The maximum Gasteiger partial charge on any atom is 0.111 e. The summed E-state index contributed by atoms with van der Waals surface area (Å²) in [6.45, 7) is 3.01. The molecule has 0 saturated carbocycles. The molecule has 0 spiro atoms. The van der Waals surface area contributed by atoms with Crippen molar-refractivity contribution in [1.82, 2.24) is 18.3 Å². The molecule has 1 aromatic carbocycles. The van der Waals surface area contributed by atoms with E-state index < -0.39 is 0 Å². The molecule has 0 radical (unpaired) electrons. The number of fused-ring (bicyclic) bond motifs is 1. The van der Waals surface area contributed by atoms with Crippen LogP contribution in [0.5, 0.6) is 0 Å². The van der Waals surface area contributed by atoms with Crippen LogP contribution < -0.4 is 5.73 Å². The lowest BCUT2D eigenvalue weighted by molar-refractivity contribution is 0.629. The number of nitrogens with two attached hydrogens (primary N) is 1. The Morgan fingerprint density at radius 2 is 2.21 bits per heavy atom. The van der Waals surface area contributed by atoms with Gasteiger partial charge in [0.1, 0.15) is 5.82 Å². The zero-order valence-corrected chi connectivity index (χ0v) is 11.5. The Bertz CT molecular complexity index is 673.